The van der Waals surface area contributed by atoms with Gasteiger partial charge in [0.05, 0.1) is 11.7 Å². The Morgan fingerprint density at radius 3 is 2.37 bits per heavy atom. The minimum atomic E-state index is -0.331. The van der Waals surface area contributed by atoms with E-state index in [-0.39, 0.29) is 11.9 Å². The molecule has 2 rings (SSSR count). The van der Waals surface area contributed by atoms with Crippen molar-refractivity contribution in [2.45, 2.75) is 13.0 Å². The van der Waals surface area contributed by atoms with Gasteiger partial charge in [-0.3, -0.25) is 0 Å². The lowest BCUT2D eigenvalue weighted by Crippen LogP contribution is -2.08. The van der Waals surface area contributed by atoms with Gasteiger partial charge in [-0.05, 0) is 68.6 Å². The van der Waals surface area contributed by atoms with E-state index in [2.05, 4.69) is 37.2 Å². The number of benzene rings is 2. The molecule has 0 heterocycles. The smallest absolute Gasteiger partial charge is 0.124 e. The molecule has 1 atom stereocenters. The van der Waals surface area contributed by atoms with Crippen molar-refractivity contribution in [1.82, 2.24) is 0 Å². The number of hydrogen-bond acceptors (Lipinski definition) is 1. The monoisotopic (exact) mass is 405 g/mol. The van der Waals surface area contributed by atoms with Gasteiger partial charge in [0.2, 0.25) is 0 Å². The van der Waals surface area contributed by atoms with E-state index in [0.717, 1.165) is 20.2 Å². The van der Waals surface area contributed by atoms with Crippen LogP contribution in [0.2, 0.25) is 5.02 Å². The molecule has 0 aromatic heterocycles. The Hall–Kier alpha value is -0.580. The van der Waals surface area contributed by atoms with Crippen LogP contribution in [-0.2, 0) is 0 Å². The Morgan fingerprint density at radius 1 is 1.16 bits per heavy atom. The highest BCUT2D eigenvalue weighted by atomic mass is 79.9. The van der Waals surface area contributed by atoms with Gasteiger partial charge in [0.1, 0.15) is 5.82 Å². The highest BCUT2D eigenvalue weighted by Gasteiger charge is 2.13. The number of rotatable bonds is 3. The molecule has 0 aliphatic carbocycles. The Labute approximate surface area is 133 Å². The zero-order chi connectivity index (χ0) is 14.0. The first-order valence-corrected chi connectivity index (χ1v) is 7.61. The van der Waals surface area contributed by atoms with Crippen molar-refractivity contribution < 1.29 is 4.39 Å². The Balaban J connectivity index is 2.28. The van der Waals surface area contributed by atoms with Gasteiger partial charge < -0.3 is 5.32 Å². The maximum atomic E-state index is 13.0. The molecule has 0 aliphatic heterocycles. The van der Waals surface area contributed by atoms with E-state index in [9.17, 15) is 4.39 Å². The maximum absolute atomic E-state index is 13.0. The first-order valence-electron chi connectivity index (χ1n) is 5.64. The van der Waals surface area contributed by atoms with Crippen LogP contribution < -0.4 is 5.32 Å². The lowest BCUT2D eigenvalue weighted by Gasteiger charge is -2.19. The zero-order valence-electron chi connectivity index (χ0n) is 10.1. The predicted octanol–water partition coefficient (Wildman–Crippen LogP) is 6.18. The average Bonchev–Trinajstić information content (AvgIpc) is 2.33. The standard InChI is InChI=1S/C14H11Br2ClFN/c1-8(10-6-5-9(18)7-13(10)17)19-14-11(15)3-2-4-12(14)16/h2-8,19H,1H3. The molecule has 5 heteroatoms. The molecule has 0 bridgehead atoms. The van der Waals surface area contributed by atoms with E-state index in [1.807, 2.05) is 25.1 Å². The largest absolute Gasteiger partial charge is 0.377 e. The second kappa shape index (κ2) is 6.25. The quantitative estimate of drug-likeness (QED) is 0.641. The summed E-state index contributed by atoms with van der Waals surface area (Å²) >= 11 is 13.1. The number of nitrogens with one attached hydrogen (secondary N) is 1. The summed E-state index contributed by atoms with van der Waals surface area (Å²) in [6.07, 6.45) is 0. The minimum absolute atomic E-state index is 0.0388. The maximum Gasteiger partial charge on any atom is 0.124 e. The molecule has 1 unspecified atom stereocenters. The van der Waals surface area contributed by atoms with Gasteiger partial charge in [0.25, 0.3) is 0 Å². The first kappa shape index (κ1) is 14.8. The SMILES string of the molecule is CC(Nc1c(Br)cccc1Br)c1ccc(F)cc1Cl. The third-order valence-corrected chi connectivity index (χ3v) is 4.40. The van der Waals surface area contributed by atoms with Crippen LogP contribution >= 0.6 is 43.5 Å². The van der Waals surface area contributed by atoms with Crippen molar-refractivity contribution in [2.75, 3.05) is 5.32 Å². The molecular formula is C14H11Br2ClFN. The van der Waals surface area contributed by atoms with Gasteiger partial charge >= 0.3 is 0 Å². The van der Waals surface area contributed by atoms with Gasteiger partial charge in [-0.1, -0.05) is 23.7 Å². The van der Waals surface area contributed by atoms with Crippen LogP contribution in [0.3, 0.4) is 0 Å². The van der Waals surface area contributed by atoms with Crippen molar-refractivity contribution >= 4 is 49.1 Å². The summed E-state index contributed by atoms with van der Waals surface area (Å²) in [6, 6.07) is 10.2. The molecule has 19 heavy (non-hydrogen) atoms. The molecule has 1 nitrogen and oxygen atoms in total. The molecular weight excluding hydrogens is 396 g/mol. The average molecular weight is 408 g/mol. The van der Waals surface area contributed by atoms with Crippen LogP contribution in [0.1, 0.15) is 18.5 Å². The second-order valence-corrected chi connectivity index (χ2v) is 6.24. The summed E-state index contributed by atoms with van der Waals surface area (Å²) < 4.78 is 14.9. The summed E-state index contributed by atoms with van der Waals surface area (Å²) in [7, 11) is 0. The van der Waals surface area contributed by atoms with E-state index < -0.39 is 0 Å². The molecule has 100 valence electrons. The highest BCUT2D eigenvalue weighted by molar-refractivity contribution is 9.11. The summed E-state index contributed by atoms with van der Waals surface area (Å²) in [5, 5.41) is 3.77. The van der Waals surface area contributed by atoms with Crippen molar-refractivity contribution in [3.8, 4) is 0 Å². The van der Waals surface area contributed by atoms with E-state index in [1.165, 1.54) is 12.1 Å². The van der Waals surface area contributed by atoms with Crippen molar-refractivity contribution in [3.63, 3.8) is 0 Å². The molecule has 1 N–H and O–H groups in total. The van der Waals surface area contributed by atoms with Gasteiger partial charge in [-0.2, -0.15) is 0 Å². The molecule has 2 aromatic rings. The summed E-state index contributed by atoms with van der Waals surface area (Å²) in [4.78, 5) is 0. The van der Waals surface area contributed by atoms with Crippen LogP contribution in [-0.4, -0.2) is 0 Å². The fraction of sp³-hybridized carbons (Fsp3) is 0.143. The van der Waals surface area contributed by atoms with Crippen LogP contribution in [0.15, 0.2) is 45.3 Å². The van der Waals surface area contributed by atoms with Crippen molar-refractivity contribution in [1.29, 1.82) is 0 Å². The first-order chi connectivity index (χ1) is 8.99. The zero-order valence-corrected chi connectivity index (χ0v) is 14.0. The summed E-state index contributed by atoms with van der Waals surface area (Å²) in [6.45, 7) is 1.98. The van der Waals surface area contributed by atoms with Crippen LogP contribution in [0.4, 0.5) is 10.1 Å². The summed E-state index contributed by atoms with van der Waals surface area (Å²) in [5.74, 6) is -0.331. The fourth-order valence-electron chi connectivity index (χ4n) is 1.78. The van der Waals surface area contributed by atoms with Crippen molar-refractivity contribution in [3.05, 3.63) is 61.7 Å². The Bertz CT molecular complexity index is 584. The topological polar surface area (TPSA) is 12.0 Å². The lowest BCUT2D eigenvalue weighted by molar-refractivity contribution is 0.626. The van der Waals surface area contributed by atoms with Gasteiger partial charge in [0.15, 0.2) is 0 Å². The van der Waals surface area contributed by atoms with Gasteiger partial charge in [0, 0.05) is 14.0 Å². The third-order valence-electron chi connectivity index (χ3n) is 2.75. The predicted molar refractivity (Wildman–Crippen MR) is 85.3 cm³/mol. The number of anilines is 1. The van der Waals surface area contributed by atoms with Gasteiger partial charge in [-0.25, -0.2) is 4.39 Å². The molecule has 0 fully saturated rings. The molecule has 0 aliphatic rings. The van der Waals surface area contributed by atoms with E-state index in [0.29, 0.717) is 5.02 Å². The number of hydrogen-bond donors (Lipinski definition) is 1. The van der Waals surface area contributed by atoms with Crippen molar-refractivity contribution in [2.24, 2.45) is 0 Å². The summed E-state index contributed by atoms with van der Waals surface area (Å²) in [5.41, 5.74) is 1.79. The normalized spacial score (nSPS) is 12.3. The number of para-hydroxylation sites is 1. The molecule has 2 aromatic carbocycles. The molecule has 0 amide bonds. The third kappa shape index (κ3) is 3.50. The van der Waals surface area contributed by atoms with E-state index in [1.54, 1.807) is 6.07 Å². The Kier molecular flexibility index (Phi) is 4.87. The van der Waals surface area contributed by atoms with Crippen LogP contribution in [0, 0.1) is 5.82 Å². The second-order valence-electron chi connectivity index (χ2n) is 4.13. The number of halogens is 4. The van der Waals surface area contributed by atoms with Crippen LogP contribution in [0.25, 0.3) is 0 Å². The van der Waals surface area contributed by atoms with Gasteiger partial charge in [-0.15, -0.1) is 0 Å². The van der Waals surface area contributed by atoms with E-state index in [4.69, 9.17) is 11.6 Å². The minimum Gasteiger partial charge on any atom is -0.377 e. The molecule has 0 radical (unpaired) electrons. The molecule has 0 saturated heterocycles. The van der Waals surface area contributed by atoms with Crippen LogP contribution in [0.5, 0.6) is 0 Å². The van der Waals surface area contributed by atoms with E-state index >= 15 is 0 Å². The lowest BCUT2D eigenvalue weighted by atomic mass is 10.1. The molecule has 0 spiro atoms. The highest BCUT2D eigenvalue weighted by Crippen LogP contribution is 2.34. The fourth-order valence-corrected chi connectivity index (χ4v) is 3.34. The Morgan fingerprint density at radius 2 is 1.79 bits per heavy atom. The molecule has 0 saturated carbocycles.